The van der Waals surface area contributed by atoms with Crippen LogP contribution in [0.3, 0.4) is 0 Å². The molecule has 0 fully saturated rings. The Labute approximate surface area is 186 Å². The Hall–Kier alpha value is -3.67. The van der Waals surface area contributed by atoms with Gasteiger partial charge in [-0.05, 0) is 51.5 Å². The SMILES string of the molecule is CCn1nc(C)c2cc3nc(-c4cc(C)c(=O)n(C)c4)n(C(C)c4ccccc4)c3cc21. The van der Waals surface area contributed by atoms with E-state index in [1.54, 1.807) is 11.6 Å². The van der Waals surface area contributed by atoms with Gasteiger partial charge in [0.2, 0.25) is 0 Å². The number of hydrogen-bond acceptors (Lipinski definition) is 3. The van der Waals surface area contributed by atoms with Crippen molar-refractivity contribution in [2.75, 3.05) is 0 Å². The lowest BCUT2D eigenvalue weighted by Crippen LogP contribution is -2.19. The Bertz CT molecular complexity index is 1500. The number of aryl methyl sites for hydroxylation is 4. The molecular weight excluding hydrogens is 398 g/mol. The van der Waals surface area contributed by atoms with Gasteiger partial charge in [-0.3, -0.25) is 9.48 Å². The van der Waals surface area contributed by atoms with Crippen LogP contribution >= 0.6 is 0 Å². The minimum atomic E-state index is 0.0110. The maximum Gasteiger partial charge on any atom is 0.253 e. The predicted octanol–water partition coefficient (Wildman–Crippen LogP) is 5.00. The van der Waals surface area contributed by atoms with Crippen LogP contribution in [-0.2, 0) is 13.6 Å². The lowest BCUT2D eigenvalue weighted by molar-refractivity contribution is 0.662. The standard InChI is InChI=1S/C26H27N5O/c1-6-30-23-14-24-22(13-21(23)17(3)28-30)27-25(20-12-16(2)26(32)29(5)15-20)31(24)18(4)19-10-8-7-9-11-19/h7-15,18H,6H2,1-5H3. The van der Waals surface area contributed by atoms with Gasteiger partial charge in [-0.2, -0.15) is 5.10 Å². The van der Waals surface area contributed by atoms with Gasteiger partial charge in [0.05, 0.1) is 28.3 Å². The summed E-state index contributed by atoms with van der Waals surface area (Å²) >= 11 is 0. The second-order valence-corrected chi connectivity index (χ2v) is 8.48. The predicted molar refractivity (Wildman–Crippen MR) is 129 cm³/mol. The summed E-state index contributed by atoms with van der Waals surface area (Å²) in [6, 6.07) is 16.8. The lowest BCUT2D eigenvalue weighted by atomic mass is 10.1. The highest BCUT2D eigenvalue weighted by Gasteiger charge is 2.21. The molecule has 162 valence electrons. The van der Waals surface area contributed by atoms with E-state index in [1.165, 1.54) is 5.56 Å². The van der Waals surface area contributed by atoms with Crippen LogP contribution in [0.1, 0.15) is 36.7 Å². The van der Waals surface area contributed by atoms with E-state index in [4.69, 9.17) is 10.1 Å². The van der Waals surface area contributed by atoms with Gasteiger partial charge in [0.25, 0.3) is 5.56 Å². The second kappa shape index (κ2) is 7.48. The van der Waals surface area contributed by atoms with Crippen molar-refractivity contribution < 1.29 is 0 Å². The number of rotatable bonds is 4. The van der Waals surface area contributed by atoms with E-state index >= 15 is 0 Å². The Morgan fingerprint density at radius 2 is 1.78 bits per heavy atom. The van der Waals surface area contributed by atoms with Gasteiger partial charge in [-0.25, -0.2) is 4.98 Å². The largest absolute Gasteiger partial charge is 0.318 e. The van der Waals surface area contributed by atoms with Gasteiger partial charge >= 0.3 is 0 Å². The fourth-order valence-electron chi connectivity index (χ4n) is 4.64. The number of nitrogens with zero attached hydrogens (tertiary/aromatic N) is 5. The van der Waals surface area contributed by atoms with E-state index in [-0.39, 0.29) is 11.6 Å². The average Bonchev–Trinajstić information content (AvgIpc) is 3.33. The minimum absolute atomic E-state index is 0.0110. The third-order valence-electron chi connectivity index (χ3n) is 6.33. The molecule has 32 heavy (non-hydrogen) atoms. The van der Waals surface area contributed by atoms with E-state index in [9.17, 15) is 4.79 Å². The van der Waals surface area contributed by atoms with Crippen LogP contribution < -0.4 is 5.56 Å². The van der Waals surface area contributed by atoms with Crippen molar-refractivity contribution in [1.82, 2.24) is 23.9 Å². The monoisotopic (exact) mass is 425 g/mol. The molecule has 0 N–H and O–H groups in total. The summed E-state index contributed by atoms with van der Waals surface area (Å²) in [6.45, 7) is 9.01. The molecule has 0 aliphatic heterocycles. The summed E-state index contributed by atoms with van der Waals surface area (Å²) in [4.78, 5) is 17.4. The molecule has 5 aromatic rings. The van der Waals surface area contributed by atoms with Gasteiger partial charge in [0.15, 0.2) is 0 Å². The quantitative estimate of drug-likeness (QED) is 0.407. The lowest BCUT2D eigenvalue weighted by Gasteiger charge is -2.19. The summed E-state index contributed by atoms with van der Waals surface area (Å²) in [5, 5.41) is 5.82. The summed E-state index contributed by atoms with van der Waals surface area (Å²) < 4.78 is 5.97. The zero-order chi connectivity index (χ0) is 22.6. The Morgan fingerprint density at radius 1 is 1.03 bits per heavy atom. The van der Waals surface area contributed by atoms with E-state index < -0.39 is 0 Å². The molecule has 6 nitrogen and oxygen atoms in total. The van der Waals surface area contributed by atoms with Gasteiger partial charge in [-0.15, -0.1) is 0 Å². The molecule has 0 spiro atoms. The van der Waals surface area contributed by atoms with Crippen molar-refractivity contribution in [3.63, 3.8) is 0 Å². The first-order chi connectivity index (χ1) is 15.4. The fraction of sp³-hybridized carbons (Fsp3) is 0.269. The number of benzene rings is 2. The van der Waals surface area contributed by atoms with E-state index in [1.807, 2.05) is 36.9 Å². The minimum Gasteiger partial charge on any atom is -0.318 e. The molecule has 0 bridgehead atoms. The number of imidazole rings is 1. The summed E-state index contributed by atoms with van der Waals surface area (Å²) in [5.74, 6) is 0.858. The van der Waals surface area contributed by atoms with Crippen LogP contribution in [-0.4, -0.2) is 23.9 Å². The molecule has 0 aliphatic carbocycles. The first kappa shape index (κ1) is 20.2. The second-order valence-electron chi connectivity index (χ2n) is 8.48. The molecule has 5 rings (SSSR count). The maximum atomic E-state index is 12.3. The van der Waals surface area contributed by atoms with Crippen LogP contribution in [0, 0.1) is 13.8 Å². The van der Waals surface area contributed by atoms with Gasteiger partial charge in [0, 0.05) is 36.3 Å². The molecule has 0 radical (unpaired) electrons. The zero-order valence-electron chi connectivity index (χ0n) is 19.1. The molecule has 3 heterocycles. The molecular formula is C26H27N5O. The number of aromatic nitrogens is 5. The van der Waals surface area contributed by atoms with Crippen LogP contribution in [0.5, 0.6) is 0 Å². The molecule has 0 aliphatic rings. The van der Waals surface area contributed by atoms with Crippen molar-refractivity contribution in [2.24, 2.45) is 7.05 Å². The molecule has 2 aromatic carbocycles. The van der Waals surface area contributed by atoms with Crippen LogP contribution in [0.2, 0.25) is 0 Å². The van der Waals surface area contributed by atoms with Gasteiger partial charge in [0.1, 0.15) is 5.82 Å². The Kier molecular flexibility index (Phi) is 4.73. The van der Waals surface area contributed by atoms with Crippen LogP contribution in [0.4, 0.5) is 0 Å². The molecule has 3 aromatic heterocycles. The first-order valence-electron chi connectivity index (χ1n) is 11.0. The van der Waals surface area contributed by atoms with E-state index in [2.05, 4.69) is 54.8 Å². The fourth-order valence-corrected chi connectivity index (χ4v) is 4.64. The van der Waals surface area contributed by atoms with Crippen molar-refractivity contribution in [2.45, 2.75) is 40.3 Å². The average molecular weight is 426 g/mol. The third-order valence-corrected chi connectivity index (χ3v) is 6.33. The van der Waals surface area contributed by atoms with E-state index in [0.717, 1.165) is 45.6 Å². The van der Waals surface area contributed by atoms with Crippen molar-refractivity contribution >= 4 is 21.9 Å². The smallest absolute Gasteiger partial charge is 0.253 e. The van der Waals surface area contributed by atoms with Crippen molar-refractivity contribution in [1.29, 1.82) is 0 Å². The first-order valence-corrected chi connectivity index (χ1v) is 11.0. The highest BCUT2D eigenvalue weighted by atomic mass is 16.1. The zero-order valence-corrected chi connectivity index (χ0v) is 19.1. The highest BCUT2D eigenvalue weighted by Crippen LogP contribution is 2.34. The third kappa shape index (κ3) is 3.06. The maximum absolute atomic E-state index is 12.3. The Morgan fingerprint density at radius 3 is 2.47 bits per heavy atom. The molecule has 0 saturated carbocycles. The summed E-state index contributed by atoms with van der Waals surface area (Å²) in [5.41, 5.74) is 6.97. The molecule has 0 amide bonds. The normalized spacial score (nSPS) is 12.7. The Balaban J connectivity index is 1.86. The molecule has 1 unspecified atom stereocenters. The van der Waals surface area contributed by atoms with E-state index in [0.29, 0.717) is 5.56 Å². The summed E-state index contributed by atoms with van der Waals surface area (Å²) in [7, 11) is 1.79. The van der Waals surface area contributed by atoms with Crippen LogP contribution in [0.25, 0.3) is 33.3 Å². The van der Waals surface area contributed by atoms with Gasteiger partial charge in [-0.1, -0.05) is 30.3 Å². The van der Waals surface area contributed by atoms with Crippen molar-refractivity contribution in [3.8, 4) is 11.4 Å². The number of fused-ring (bicyclic) bond motifs is 2. The summed E-state index contributed by atoms with van der Waals surface area (Å²) in [6.07, 6.45) is 1.88. The number of pyridine rings is 1. The molecule has 0 saturated heterocycles. The van der Waals surface area contributed by atoms with Gasteiger partial charge < -0.3 is 9.13 Å². The molecule has 1 atom stereocenters. The topological polar surface area (TPSA) is 57.6 Å². The highest BCUT2D eigenvalue weighted by molar-refractivity contribution is 5.96. The van der Waals surface area contributed by atoms with Crippen molar-refractivity contribution in [3.05, 3.63) is 81.9 Å². The molecule has 6 heteroatoms. The van der Waals surface area contributed by atoms with Crippen LogP contribution in [0.15, 0.2) is 59.5 Å². The number of hydrogen-bond donors (Lipinski definition) is 0.